The number of rotatable bonds is 6. The maximum absolute atomic E-state index is 12.3. The molecule has 2 nitrogen and oxygen atoms in total. The Morgan fingerprint density at radius 3 is 2.18 bits per heavy atom. The van der Waals surface area contributed by atoms with Crippen LogP contribution in [0.25, 0.3) is 0 Å². The number of ketones is 2. The van der Waals surface area contributed by atoms with Crippen LogP contribution in [0.3, 0.4) is 0 Å². The fourth-order valence-corrected chi connectivity index (χ4v) is 3.32. The molecule has 0 spiro atoms. The fraction of sp³-hybridized carbons (Fsp3) is 0.263. The molecule has 1 unspecified atom stereocenters. The summed E-state index contributed by atoms with van der Waals surface area (Å²) in [6.45, 7) is 1.92. The topological polar surface area (TPSA) is 34.1 Å². The van der Waals surface area contributed by atoms with E-state index in [-0.39, 0.29) is 22.7 Å². The minimum absolute atomic E-state index is 0.128. The van der Waals surface area contributed by atoms with Gasteiger partial charge in [-0.2, -0.15) is 0 Å². The van der Waals surface area contributed by atoms with Crippen LogP contribution < -0.4 is 0 Å². The van der Waals surface area contributed by atoms with E-state index >= 15 is 0 Å². The van der Waals surface area contributed by atoms with Gasteiger partial charge in [-0.3, -0.25) is 9.59 Å². The average Bonchev–Trinajstić information content (AvgIpc) is 3.40. The third-order valence-corrected chi connectivity index (χ3v) is 4.94. The van der Waals surface area contributed by atoms with Gasteiger partial charge in [-0.25, -0.2) is 0 Å². The highest BCUT2D eigenvalue weighted by molar-refractivity contribution is 8.00. The summed E-state index contributed by atoms with van der Waals surface area (Å²) in [7, 11) is 0. The van der Waals surface area contributed by atoms with Crippen LogP contribution in [0.4, 0.5) is 0 Å². The Balaban J connectivity index is 1.65. The Morgan fingerprint density at radius 2 is 1.59 bits per heavy atom. The summed E-state index contributed by atoms with van der Waals surface area (Å²) < 4.78 is 0. The van der Waals surface area contributed by atoms with Gasteiger partial charge in [0.1, 0.15) is 0 Å². The predicted molar refractivity (Wildman–Crippen MR) is 89.6 cm³/mol. The van der Waals surface area contributed by atoms with E-state index in [1.807, 2.05) is 61.5 Å². The van der Waals surface area contributed by atoms with Crippen LogP contribution in [-0.2, 0) is 0 Å². The van der Waals surface area contributed by atoms with Gasteiger partial charge in [-0.05, 0) is 31.9 Å². The summed E-state index contributed by atoms with van der Waals surface area (Å²) in [6.07, 6.45) is 2.05. The monoisotopic (exact) mass is 310 g/mol. The Hall–Kier alpha value is -1.87. The summed E-state index contributed by atoms with van der Waals surface area (Å²) >= 11 is 1.53. The van der Waals surface area contributed by atoms with Gasteiger partial charge in [0, 0.05) is 21.9 Å². The van der Waals surface area contributed by atoms with E-state index in [0.29, 0.717) is 0 Å². The zero-order chi connectivity index (χ0) is 15.5. The molecule has 0 aromatic heterocycles. The second-order valence-corrected chi connectivity index (χ2v) is 7.07. The van der Waals surface area contributed by atoms with Crippen LogP contribution in [0.1, 0.15) is 40.5 Å². The van der Waals surface area contributed by atoms with Crippen molar-refractivity contribution in [3.8, 4) is 0 Å². The quantitative estimate of drug-likeness (QED) is 0.575. The molecule has 1 atom stereocenters. The molecule has 0 radical (unpaired) electrons. The van der Waals surface area contributed by atoms with Crippen molar-refractivity contribution in [1.29, 1.82) is 0 Å². The van der Waals surface area contributed by atoms with Gasteiger partial charge in [0.05, 0.1) is 5.25 Å². The van der Waals surface area contributed by atoms with Gasteiger partial charge < -0.3 is 0 Å². The minimum atomic E-state index is -0.146. The van der Waals surface area contributed by atoms with Crippen LogP contribution >= 0.6 is 11.8 Å². The van der Waals surface area contributed by atoms with Crippen molar-refractivity contribution in [2.75, 3.05) is 0 Å². The zero-order valence-electron chi connectivity index (χ0n) is 12.5. The first kappa shape index (κ1) is 15.0. The van der Waals surface area contributed by atoms with Crippen molar-refractivity contribution in [2.45, 2.75) is 29.9 Å². The summed E-state index contributed by atoms with van der Waals surface area (Å²) in [4.78, 5) is 25.3. The lowest BCUT2D eigenvalue weighted by atomic mass is 10.1. The van der Waals surface area contributed by atoms with E-state index < -0.39 is 0 Å². The first-order chi connectivity index (χ1) is 10.6. The molecule has 0 saturated heterocycles. The average molecular weight is 310 g/mol. The van der Waals surface area contributed by atoms with Crippen molar-refractivity contribution in [2.24, 2.45) is 5.92 Å². The third kappa shape index (κ3) is 3.47. The summed E-state index contributed by atoms with van der Waals surface area (Å²) in [6, 6.07) is 17.0. The number of carbonyl (C=O) groups excluding carboxylic acids is 2. The molecule has 112 valence electrons. The zero-order valence-corrected chi connectivity index (χ0v) is 13.3. The van der Waals surface area contributed by atoms with Crippen molar-refractivity contribution in [1.82, 2.24) is 0 Å². The van der Waals surface area contributed by atoms with Crippen LogP contribution in [0, 0.1) is 5.92 Å². The van der Waals surface area contributed by atoms with Crippen LogP contribution in [0.15, 0.2) is 59.5 Å². The van der Waals surface area contributed by atoms with E-state index in [2.05, 4.69) is 0 Å². The van der Waals surface area contributed by atoms with Crippen molar-refractivity contribution in [3.05, 3.63) is 65.7 Å². The van der Waals surface area contributed by atoms with Crippen molar-refractivity contribution < 1.29 is 9.59 Å². The van der Waals surface area contributed by atoms with Crippen molar-refractivity contribution >= 4 is 23.3 Å². The molecule has 2 aromatic carbocycles. The number of hydrogen-bond acceptors (Lipinski definition) is 3. The maximum Gasteiger partial charge on any atom is 0.175 e. The lowest BCUT2D eigenvalue weighted by Crippen LogP contribution is -2.13. The minimum Gasteiger partial charge on any atom is -0.294 e. The van der Waals surface area contributed by atoms with Gasteiger partial charge >= 0.3 is 0 Å². The number of thioether (sulfide) groups is 1. The van der Waals surface area contributed by atoms with Crippen LogP contribution in [0.2, 0.25) is 0 Å². The SMILES string of the molecule is CC(Sc1ccc(C(=O)C2CC2)cc1)C(=O)c1ccccc1. The summed E-state index contributed by atoms with van der Waals surface area (Å²) in [5, 5.41) is -0.146. The highest BCUT2D eigenvalue weighted by Crippen LogP contribution is 2.33. The van der Waals surface area contributed by atoms with Gasteiger partial charge in [-0.15, -0.1) is 11.8 Å². The van der Waals surface area contributed by atoms with E-state index in [9.17, 15) is 9.59 Å². The number of hydrogen-bond donors (Lipinski definition) is 0. The smallest absolute Gasteiger partial charge is 0.175 e. The van der Waals surface area contributed by atoms with Gasteiger partial charge in [-0.1, -0.05) is 42.5 Å². The molecular formula is C19H18O2S. The molecule has 3 rings (SSSR count). The first-order valence-electron chi connectivity index (χ1n) is 7.55. The van der Waals surface area contributed by atoms with E-state index in [4.69, 9.17) is 0 Å². The summed E-state index contributed by atoms with van der Waals surface area (Å²) in [5.41, 5.74) is 1.52. The Morgan fingerprint density at radius 1 is 0.955 bits per heavy atom. The molecule has 1 fully saturated rings. The normalized spacial score (nSPS) is 15.3. The van der Waals surface area contributed by atoms with Gasteiger partial charge in [0.25, 0.3) is 0 Å². The molecule has 3 heteroatoms. The molecule has 1 aliphatic rings. The highest BCUT2D eigenvalue weighted by Gasteiger charge is 2.30. The van der Waals surface area contributed by atoms with E-state index in [1.54, 1.807) is 0 Å². The number of benzene rings is 2. The Labute approximate surface area is 134 Å². The molecule has 1 aliphatic carbocycles. The molecule has 1 saturated carbocycles. The first-order valence-corrected chi connectivity index (χ1v) is 8.43. The van der Waals surface area contributed by atoms with E-state index in [0.717, 1.165) is 28.9 Å². The van der Waals surface area contributed by atoms with E-state index in [1.165, 1.54) is 11.8 Å². The summed E-state index contributed by atoms with van der Waals surface area (Å²) in [5.74, 6) is 0.630. The van der Waals surface area contributed by atoms with Gasteiger partial charge in [0.15, 0.2) is 11.6 Å². The Bertz CT molecular complexity index is 672. The molecule has 2 aromatic rings. The molecular weight excluding hydrogens is 292 g/mol. The number of carbonyl (C=O) groups is 2. The predicted octanol–water partition coefficient (Wildman–Crippen LogP) is 4.64. The molecule has 0 N–H and O–H groups in total. The lowest BCUT2D eigenvalue weighted by molar-refractivity contribution is 0.0965. The van der Waals surface area contributed by atoms with Gasteiger partial charge in [0.2, 0.25) is 0 Å². The highest BCUT2D eigenvalue weighted by atomic mass is 32.2. The molecule has 0 bridgehead atoms. The van der Waals surface area contributed by atoms with Crippen LogP contribution in [0.5, 0.6) is 0 Å². The standard InChI is InChI=1S/C19H18O2S/c1-13(18(20)14-5-3-2-4-6-14)22-17-11-9-16(10-12-17)19(21)15-7-8-15/h2-6,9-13,15H,7-8H2,1H3. The molecule has 0 aliphatic heterocycles. The molecule has 0 amide bonds. The molecule has 22 heavy (non-hydrogen) atoms. The van der Waals surface area contributed by atoms with Crippen LogP contribution in [-0.4, -0.2) is 16.8 Å². The molecule has 0 heterocycles. The fourth-order valence-electron chi connectivity index (χ4n) is 2.37. The van der Waals surface area contributed by atoms with Crippen molar-refractivity contribution in [3.63, 3.8) is 0 Å². The lowest BCUT2D eigenvalue weighted by Gasteiger charge is -2.10. The largest absolute Gasteiger partial charge is 0.294 e. The second-order valence-electron chi connectivity index (χ2n) is 5.65. The maximum atomic E-state index is 12.3. The third-order valence-electron chi connectivity index (χ3n) is 3.83. The Kier molecular flexibility index (Phi) is 4.44. The second kappa shape index (κ2) is 6.49. The number of Topliss-reactive ketones (excluding diaryl/α,β-unsaturated/α-hetero) is 2.